The van der Waals surface area contributed by atoms with Gasteiger partial charge in [0.1, 0.15) is 0 Å². The minimum atomic E-state index is -4.57. The SMILES string of the molecule is COC(=O)c1cc(S(=O)(=O)N(C)C2(C(=O)O)CCOC2)cc(F)c1F. The standard InChI is InChI=1S/C14H15F2NO7S/c1-17(14(13(19)20)3-4-24-7-14)25(21,22)8-5-9(12(18)23-2)11(16)10(15)6-8/h5-6H,3-4,7H2,1-2H3,(H,19,20). The summed E-state index contributed by atoms with van der Waals surface area (Å²) < 4.78 is 62.7. The fourth-order valence-electron chi connectivity index (χ4n) is 2.47. The van der Waals surface area contributed by atoms with Gasteiger partial charge in [0.25, 0.3) is 0 Å². The molecule has 0 aliphatic carbocycles. The van der Waals surface area contributed by atoms with Crippen LogP contribution in [0.2, 0.25) is 0 Å². The van der Waals surface area contributed by atoms with Crippen molar-refractivity contribution >= 4 is 22.0 Å². The van der Waals surface area contributed by atoms with Gasteiger partial charge < -0.3 is 14.6 Å². The van der Waals surface area contributed by atoms with E-state index in [1.165, 1.54) is 0 Å². The first-order valence-electron chi connectivity index (χ1n) is 6.95. The molecule has 0 spiro atoms. The molecule has 1 saturated heterocycles. The summed E-state index contributed by atoms with van der Waals surface area (Å²) in [6.07, 6.45) is -0.119. The zero-order valence-corrected chi connectivity index (χ0v) is 14.1. The number of carbonyl (C=O) groups is 2. The Morgan fingerprint density at radius 1 is 1.36 bits per heavy atom. The van der Waals surface area contributed by atoms with Crippen molar-refractivity contribution in [3.63, 3.8) is 0 Å². The summed E-state index contributed by atoms with van der Waals surface area (Å²) in [7, 11) is -2.66. The third-order valence-electron chi connectivity index (χ3n) is 4.07. The van der Waals surface area contributed by atoms with Crippen LogP contribution in [0, 0.1) is 11.6 Å². The molecule has 1 heterocycles. The van der Waals surface area contributed by atoms with Crippen LogP contribution in [0.1, 0.15) is 16.8 Å². The molecule has 138 valence electrons. The number of aliphatic carboxylic acids is 1. The molecule has 1 aliphatic rings. The van der Waals surface area contributed by atoms with Crippen LogP contribution in [0.4, 0.5) is 8.78 Å². The van der Waals surface area contributed by atoms with Crippen molar-refractivity contribution in [1.82, 2.24) is 4.31 Å². The first kappa shape index (κ1) is 19.2. The molecule has 2 rings (SSSR count). The first-order valence-corrected chi connectivity index (χ1v) is 8.39. The molecule has 0 saturated carbocycles. The average Bonchev–Trinajstić information content (AvgIpc) is 3.06. The number of carbonyl (C=O) groups excluding carboxylic acids is 1. The molecule has 1 aromatic rings. The number of hydrogen-bond acceptors (Lipinski definition) is 6. The molecule has 8 nitrogen and oxygen atoms in total. The Hall–Kier alpha value is -2.11. The maximum absolute atomic E-state index is 13.8. The molecule has 0 amide bonds. The molecule has 0 radical (unpaired) electrons. The second kappa shape index (κ2) is 6.65. The average molecular weight is 379 g/mol. The number of benzene rings is 1. The van der Waals surface area contributed by atoms with Crippen molar-refractivity contribution in [3.05, 3.63) is 29.3 Å². The van der Waals surface area contributed by atoms with E-state index < -0.39 is 56.2 Å². The third-order valence-corrected chi connectivity index (χ3v) is 5.97. The number of sulfonamides is 1. The summed E-state index contributed by atoms with van der Waals surface area (Å²) in [5.74, 6) is -5.85. The molecule has 1 N–H and O–H groups in total. The van der Waals surface area contributed by atoms with Crippen molar-refractivity contribution < 1.29 is 41.4 Å². The Morgan fingerprint density at radius 2 is 2.00 bits per heavy atom. The number of halogens is 2. The van der Waals surface area contributed by atoms with Crippen LogP contribution in [0.3, 0.4) is 0 Å². The van der Waals surface area contributed by atoms with Gasteiger partial charge in [0.15, 0.2) is 17.2 Å². The highest BCUT2D eigenvalue weighted by Gasteiger charge is 2.51. The van der Waals surface area contributed by atoms with Crippen molar-refractivity contribution in [2.75, 3.05) is 27.4 Å². The zero-order chi connectivity index (χ0) is 19.0. The number of carboxylic acids is 1. The van der Waals surface area contributed by atoms with Gasteiger partial charge in [-0.05, 0) is 12.1 Å². The van der Waals surface area contributed by atoms with Crippen LogP contribution in [0.25, 0.3) is 0 Å². The summed E-state index contributed by atoms with van der Waals surface area (Å²) in [5.41, 5.74) is -2.80. The highest BCUT2D eigenvalue weighted by atomic mass is 32.2. The predicted octanol–water partition coefficient (Wildman–Crippen LogP) is 0.616. The van der Waals surface area contributed by atoms with Gasteiger partial charge in [-0.2, -0.15) is 4.31 Å². The number of esters is 1. The number of hydrogen-bond donors (Lipinski definition) is 1. The second-order valence-electron chi connectivity index (χ2n) is 5.37. The molecule has 1 unspecified atom stereocenters. The van der Waals surface area contributed by atoms with Gasteiger partial charge in [-0.1, -0.05) is 0 Å². The van der Waals surface area contributed by atoms with Crippen molar-refractivity contribution in [3.8, 4) is 0 Å². The zero-order valence-electron chi connectivity index (χ0n) is 13.3. The number of carboxylic acid groups (broad SMARTS) is 1. The van der Waals surface area contributed by atoms with E-state index in [0.717, 1.165) is 14.2 Å². The van der Waals surface area contributed by atoms with Gasteiger partial charge in [-0.25, -0.2) is 22.0 Å². The van der Waals surface area contributed by atoms with Crippen LogP contribution >= 0.6 is 0 Å². The van der Waals surface area contributed by atoms with Crippen molar-refractivity contribution in [2.24, 2.45) is 0 Å². The topological polar surface area (TPSA) is 110 Å². The van der Waals surface area contributed by atoms with Gasteiger partial charge in [-0.3, -0.25) is 4.79 Å². The molecule has 0 aromatic heterocycles. The van der Waals surface area contributed by atoms with Crippen LogP contribution in [0.5, 0.6) is 0 Å². The second-order valence-corrected chi connectivity index (χ2v) is 7.34. The van der Waals surface area contributed by atoms with Gasteiger partial charge in [0.2, 0.25) is 10.0 Å². The van der Waals surface area contributed by atoms with Crippen molar-refractivity contribution in [1.29, 1.82) is 0 Å². The maximum Gasteiger partial charge on any atom is 0.341 e. The van der Waals surface area contributed by atoms with Crippen LogP contribution < -0.4 is 0 Å². The smallest absolute Gasteiger partial charge is 0.341 e. The lowest BCUT2D eigenvalue weighted by Crippen LogP contribution is -2.55. The quantitative estimate of drug-likeness (QED) is 0.747. The fourth-order valence-corrected chi connectivity index (χ4v) is 3.98. The minimum absolute atomic E-state index is 0.0251. The maximum atomic E-state index is 13.8. The highest BCUT2D eigenvalue weighted by Crippen LogP contribution is 2.32. The molecule has 1 fully saturated rings. The Balaban J connectivity index is 2.58. The minimum Gasteiger partial charge on any atom is -0.480 e. The van der Waals surface area contributed by atoms with E-state index >= 15 is 0 Å². The lowest BCUT2D eigenvalue weighted by atomic mass is 10.00. The number of rotatable bonds is 5. The summed E-state index contributed by atoms with van der Waals surface area (Å²) in [6.45, 7) is -0.372. The van der Waals surface area contributed by atoms with E-state index in [4.69, 9.17) is 4.74 Å². The molecule has 25 heavy (non-hydrogen) atoms. The summed E-state index contributed by atoms with van der Waals surface area (Å²) in [5, 5.41) is 9.43. The summed E-state index contributed by atoms with van der Waals surface area (Å²) >= 11 is 0. The number of ether oxygens (including phenoxy) is 2. The lowest BCUT2D eigenvalue weighted by Gasteiger charge is -2.32. The van der Waals surface area contributed by atoms with Gasteiger partial charge in [0.05, 0.1) is 24.2 Å². The van der Waals surface area contributed by atoms with E-state index in [-0.39, 0.29) is 13.0 Å². The number of likely N-dealkylation sites (N-methyl/N-ethyl adjacent to an activating group) is 1. The Bertz CT molecular complexity index is 819. The summed E-state index contributed by atoms with van der Waals surface area (Å²) in [4.78, 5) is 22.3. The predicted molar refractivity (Wildman–Crippen MR) is 78.4 cm³/mol. The molecular weight excluding hydrogens is 364 g/mol. The largest absolute Gasteiger partial charge is 0.480 e. The number of methoxy groups -OCH3 is 1. The monoisotopic (exact) mass is 379 g/mol. The van der Waals surface area contributed by atoms with Crippen LogP contribution in [-0.4, -0.2) is 62.7 Å². The van der Waals surface area contributed by atoms with E-state index in [2.05, 4.69) is 4.74 Å². The fraction of sp³-hybridized carbons (Fsp3) is 0.429. The van der Waals surface area contributed by atoms with E-state index in [9.17, 15) is 31.9 Å². The van der Waals surface area contributed by atoms with Gasteiger partial charge in [0, 0.05) is 20.1 Å². The van der Waals surface area contributed by atoms with Gasteiger partial charge >= 0.3 is 11.9 Å². The lowest BCUT2D eigenvalue weighted by molar-refractivity contribution is -0.147. The number of nitrogens with zero attached hydrogens (tertiary/aromatic N) is 1. The Morgan fingerprint density at radius 3 is 2.48 bits per heavy atom. The Labute approximate surface area is 142 Å². The highest BCUT2D eigenvalue weighted by molar-refractivity contribution is 7.89. The Kier molecular flexibility index (Phi) is 5.11. The van der Waals surface area contributed by atoms with Gasteiger partial charge in [-0.15, -0.1) is 0 Å². The molecule has 11 heteroatoms. The van der Waals surface area contributed by atoms with E-state index in [1.807, 2.05) is 0 Å². The third kappa shape index (κ3) is 3.10. The normalized spacial score (nSPS) is 20.7. The molecule has 1 atom stereocenters. The van der Waals surface area contributed by atoms with E-state index in [0.29, 0.717) is 16.4 Å². The first-order chi connectivity index (χ1) is 11.6. The van der Waals surface area contributed by atoms with Crippen LogP contribution in [0.15, 0.2) is 17.0 Å². The summed E-state index contributed by atoms with van der Waals surface area (Å²) in [6, 6.07) is 0.973. The van der Waals surface area contributed by atoms with E-state index in [1.54, 1.807) is 0 Å². The molecule has 1 aromatic carbocycles. The van der Waals surface area contributed by atoms with Crippen LogP contribution in [-0.2, 0) is 24.3 Å². The molecule has 1 aliphatic heterocycles. The molecule has 0 bridgehead atoms. The molecular formula is C14H15F2NO7S. The van der Waals surface area contributed by atoms with Crippen molar-refractivity contribution in [2.45, 2.75) is 16.9 Å².